The molecule has 2 rings (SSSR count). The van der Waals surface area contributed by atoms with E-state index in [1.54, 1.807) is 24.5 Å². The number of aromatic nitrogens is 1. The lowest BCUT2D eigenvalue weighted by molar-refractivity contribution is 0.628. The summed E-state index contributed by atoms with van der Waals surface area (Å²) in [5.41, 5.74) is 3.60. The number of nitrogens with zero attached hydrogens (tertiary/aromatic N) is 2. The zero-order valence-corrected chi connectivity index (χ0v) is 8.54. The average Bonchev–Trinajstić information content (AvgIpc) is 2.74. The Labute approximate surface area is 90.3 Å². The third-order valence-corrected chi connectivity index (χ3v) is 2.35. The number of halogens is 1. The molecule has 0 bridgehead atoms. The van der Waals surface area contributed by atoms with Crippen molar-refractivity contribution in [3.05, 3.63) is 47.2 Å². The maximum Gasteiger partial charge on any atom is 0.203 e. The molecule has 1 N–H and O–H groups in total. The van der Waals surface area contributed by atoms with Gasteiger partial charge in [0.15, 0.2) is 0 Å². The van der Waals surface area contributed by atoms with Gasteiger partial charge in [-0.25, -0.2) is 9.37 Å². The lowest BCUT2D eigenvalue weighted by Crippen LogP contribution is -1.89. The van der Waals surface area contributed by atoms with Gasteiger partial charge in [0.2, 0.25) is 5.13 Å². The minimum absolute atomic E-state index is 0.250. The van der Waals surface area contributed by atoms with Gasteiger partial charge in [0.1, 0.15) is 5.82 Å². The van der Waals surface area contributed by atoms with E-state index in [-0.39, 0.29) is 5.82 Å². The fourth-order valence-electron chi connectivity index (χ4n) is 0.990. The van der Waals surface area contributed by atoms with Gasteiger partial charge in [-0.1, -0.05) is 12.1 Å². The molecule has 15 heavy (non-hydrogen) atoms. The molecule has 0 aliphatic rings. The molecule has 1 aromatic heterocycles. The molecule has 76 valence electrons. The number of rotatable bonds is 3. The molecule has 0 atom stereocenters. The predicted octanol–water partition coefficient (Wildman–Crippen LogP) is 2.73. The van der Waals surface area contributed by atoms with E-state index in [1.165, 1.54) is 23.5 Å². The second-order valence-electron chi connectivity index (χ2n) is 2.76. The van der Waals surface area contributed by atoms with E-state index in [9.17, 15) is 4.39 Å². The van der Waals surface area contributed by atoms with Crippen molar-refractivity contribution in [3.8, 4) is 0 Å². The van der Waals surface area contributed by atoms with Crippen LogP contribution >= 0.6 is 11.3 Å². The van der Waals surface area contributed by atoms with Crippen LogP contribution in [0.3, 0.4) is 0 Å². The first-order chi connectivity index (χ1) is 7.34. The summed E-state index contributed by atoms with van der Waals surface area (Å²) in [7, 11) is 0. The topological polar surface area (TPSA) is 37.3 Å². The lowest BCUT2D eigenvalue weighted by Gasteiger charge is -1.93. The second-order valence-corrected chi connectivity index (χ2v) is 3.65. The number of hydrogen-bond donors (Lipinski definition) is 1. The predicted molar refractivity (Wildman–Crippen MR) is 59.7 cm³/mol. The molecule has 0 fully saturated rings. The molecule has 3 nitrogen and oxygen atoms in total. The fourth-order valence-corrected chi connectivity index (χ4v) is 1.47. The van der Waals surface area contributed by atoms with Crippen LogP contribution in [0.15, 0.2) is 40.9 Å². The summed E-state index contributed by atoms with van der Waals surface area (Å²) in [5.74, 6) is -0.250. The summed E-state index contributed by atoms with van der Waals surface area (Å²) in [5, 5.41) is 6.55. The van der Waals surface area contributed by atoms with Crippen molar-refractivity contribution < 1.29 is 4.39 Å². The molecule has 1 heterocycles. The van der Waals surface area contributed by atoms with Gasteiger partial charge >= 0.3 is 0 Å². The Balaban J connectivity index is 1.97. The first-order valence-electron chi connectivity index (χ1n) is 4.29. The van der Waals surface area contributed by atoms with Gasteiger partial charge in [-0.15, -0.1) is 11.3 Å². The molecule has 0 unspecified atom stereocenters. The summed E-state index contributed by atoms with van der Waals surface area (Å²) in [6, 6.07) is 6.10. The number of anilines is 1. The maximum atomic E-state index is 12.6. The summed E-state index contributed by atoms with van der Waals surface area (Å²) in [6.45, 7) is 0. The van der Waals surface area contributed by atoms with Gasteiger partial charge in [-0.2, -0.15) is 5.10 Å². The summed E-state index contributed by atoms with van der Waals surface area (Å²) < 4.78 is 12.6. The second kappa shape index (κ2) is 4.65. The van der Waals surface area contributed by atoms with Crippen LogP contribution in [0.25, 0.3) is 0 Å². The molecule has 5 heteroatoms. The highest BCUT2D eigenvalue weighted by Crippen LogP contribution is 2.09. The largest absolute Gasteiger partial charge is 0.253 e. The van der Waals surface area contributed by atoms with Gasteiger partial charge < -0.3 is 0 Å². The van der Waals surface area contributed by atoms with Crippen LogP contribution in [-0.4, -0.2) is 11.2 Å². The molecule has 0 radical (unpaired) electrons. The van der Waals surface area contributed by atoms with E-state index in [1.807, 2.05) is 5.38 Å². The minimum Gasteiger partial charge on any atom is -0.253 e. The van der Waals surface area contributed by atoms with E-state index in [4.69, 9.17) is 0 Å². The zero-order chi connectivity index (χ0) is 10.5. The van der Waals surface area contributed by atoms with Crippen molar-refractivity contribution >= 4 is 22.7 Å². The molecule has 2 aromatic rings. The van der Waals surface area contributed by atoms with Gasteiger partial charge in [0.25, 0.3) is 0 Å². The monoisotopic (exact) mass is 221 g/mol. The molecule has 0 aliphatic heterocycles. The fraction of sp³-hybridized carbons (Fsp3) is 0. The average molecular weight is 221 g/mol. The van der Waals surface area contributed by atoms with Crippen LogP contribution < -0.4 is 5.43 Å². The Morgan fingerprint density at radius 3 is 2.80 bits per heavy atom. The highest BCUT2D eigenvalue weighted by molar-refractivity contribution is 7.13. The third-order valence-electron chi connectivity index (χ3n) is 1.68. The van der Waals surface area contributed by atoms with Crippen molar-refractivity contribution in [2.24, 2.45) is 5.10 Å². The third kappa shape index (κ3) is 2.85. The van der Waals surface area contributed by atoms with Gasteiger partial charge in [0.05, 0.1) is 6.21 Å². The van der Waals surface area contributed by atoms with E-state index in [0.29, 0.717) is 0 Å². The molecular formula is C10H8FN3S. The number of hydrazone groups is 1. The van der Waals surface area contributed by atoms with Crippen molar-refractivity contribution in [2.75, 3.05) is 5.43 Å². The summed E-state index contributed by atoms with van der Waals surface area (Å²) in [6.07, 6.45) is 3.31. The molecule has 0 aliphatic carbocycles. The normalized spacial score (nSPS) is 10.7. The van der Waals surface area contributed by atoms with Gasteiger partial charge in [-0.3, -0.25) is 5.43 Å². The molecule has 0 saturated carbocycles. The number of nitrogens with one attached hydrogen (secondary N) is 1. The minimum atomic E-state index is -0.250. The summed E-state index contributed by atoms with van der Waals surface area (Å²) in [4.78, 5) is 4.00. The van der Waals surface area contributed by atoms with Crippen LogP contribution in [0.1, 0.15) is 5.56 Å². The number of thiazole rings is 1. The SMILES string of the molecule is Fc1ccc(C=NNc2nccs2)cc1. The number of hydrogen-bond acceptors (Lipinski definition) is 4. The molecule has 0 saturated heterocycles. The van der Waals surface area contributed by atoms with Crippen molar-refractivity contribution in [1.82, 2.24) is 4.98 Å². The Morgan fingerprint density at radius 2 is 2.13 bits per heavy atom. The quantitative estimate of drug-likeness (QED) is 0.639. The van der Waals surface area contributed by atoms with E-state index < -0.39 is 0 Å². The van der Waals surface area contributed by atoms with E-state index in [2.05, 4.69) is 15.5 Å². The zero-order valence-electron chi connectivity index (χ0n) is 7.72. The van der Waals surface area contributed by atoms with Crippen molar-refractivity contribution in [2.45, 2.75) is 0 Å². The van der Waals surface area contributed by atoms with E-state index >= 15 is 0 Å². The molecule has 0 spiro atoms. The lowest BCUT2D eigenvalue weighted by atomic mass is 10.2. The van der Waals surface area contributed by atoms with Crippen LogP contribution in [-0.2, 0) is 0 Å². The Hall–Kier alpha value is -1.75. The van der Waals surface area contributed by atoms with Crippen LogP contribution in [0.2, 0.25) is 0 Å². The smallest absolute Gasteiger partial charge is 0.203 e. The standard InChI is InChI=1S/C10H8FN3S/c11-9-3-1-8(2-4-9)7-13-14-10-12-5-6-15-10/h1-7H,(H,12,14). The maximum absolute atomic E-state index is 12.6. The Kier molecular flexibility index (Phi) is 3.04. The highest BCUT2D eigenvalue weighted by atomic mass is 32.1. The van der Waals surface area contributed by atoms with Gasteiger partial charge in [-0.05, 0) is 17.7 Å². The van der Waals surface area contributed by atoms with Crippen molar-refractivity contribution in [1.29, 1.82) is 0 Å². The van der Waals surface area contributed by atoms with Crippen LogP contribution in [0, 0.1) is 5.82 Å². The van der Waals surface area contributed by atoms with Crippen LogP contribution in [0.5, 0.6) is 0 Å². The Morgan fingerprint density at radius 1 is 1.33 bits per heavy atom. The highest BCUT2D eigenvalue weighted by Gasteiger charge is 1.91. The molecule has 1 aromatic carbocycles. The Bertz CT molecular complexity index is 436. The number of benzene rings is 1. The first-order valence-corrected chi connectivity index (χ1v) is 5.17. The van der Waals surface area contributed by atoms with Crippen LogP contribution in [0.4, 0.5) is 9.52 Å². The first kappa shape index (κ1) is 9.79. The van der Waals surface area contributed by atoms with Crippen molar-refractivity contribution in [3.63, 3.8) is 0 Å². The molecule has 0 amide bonds. The van der Waals surface area contributed by atoms with E-state index in [0.717, 1.165) is 10.7 Å². The molecular weight excluding hydrogens is 213 g/mol. The van der Waals surface area contributed by atoms with Gasteiger partial charge in [0, 0.05) is 11.6 Å². The summed E-state index contributed by atoms with van der Waals surface area (Å²) >= 11 is 1.46.